The van der Waals surface area contributed by atoms with Crippen molar-refractivity contribution in [3.8, 4) is 0 Å². The van der Waals surface area contributed by atoms with Crippen LogP contribution in [0.2, 0.25) is 0 Å². The van der Waals surface area contributed by atoms with Crippen molar-refractivity contribution in [2.24, 2.45) is 0 Å². The summed E-state index contributed by atoms with van der Waals surface area (Å²) in [6.45, 7) is 5.15. The zero-order valence-electron chi connectivity index (χ0n) is 12.8. The Morgan fingerprint density at radius 1 is 1.29 bits per heavy atom. The zero-order chi connectivity index (χ0) is 14.9. The van der Waals surface area contributed by atoms with Crippen LogP contribution in [0.3, 0.4) is 0 Å². The van der Waals surface area contributed by atoms with E-state index in [1.54, 1.807) is 18.4 Å². The van der Waals surface area contributed by atoms with Gasteiger partial charge < -0.3 is 14.8 Å². The smallest absolute Gasteiger partial charge is 0.0955 e. The number of aromatic nitrogens is 1. The van der Waals surface area contributed by atoms with Crippen molar-refractivity contribution in [2.45, 2.75) is 25.8 Å². The molecule has 0 bridgehead atoms. The standard InChI is InChI=1S/C16H24N2O2S/c1-3-8-17-13(12-20-10-9-19-2)11-16-18-14-6-4-5-7-15(14)21-16/h4-7,13,17H,3,8-12H2,1-2H3. The average Bonchev–Trinajstić information content (AvgIpc) is 2.91. The van der Waals surface area contributed by atoms with Gasteiger partial charge in [0.25, 0.3) is 0 Å². The maximum Gasteiger partial charge on any atom is 0.0955 e. The van der Waals surface area contributed by atoms with Crippen molar-refractivity contribution in [3.05, 3.63) is 29.3 Å². The highest BCUT2D eigenvalue weighted by molar-refractivity contribution is 7.18. The van der Waals surface area contributed by atoms with E-state index in [2.05, 4.69) is 30.4 Å². The first-order chi connectivity index (χ1) is 10.3. The van der Waals surface area contributed by atoms with E-state index in [1.807, 2.05) is 6.07 Å². The third-order valence-corrected chi connectivity index (χ3v) is 4.25. The van der Waals surface area contributed by atoms with Crippen LogP contribution in [0.25, 0.3) is 10.2 Å². The lowest BCUT2D eigenvalue weighted by Gasteiger charge is -2.17. The summed E-state index contributed by atoms with van der Waals surface area (Å²) >= 11 is 1.77. The molecule has 0 spiro atoms. The highest BCUT2D eigenvalue weighted by Crippen LogP contribution is 2.22. The van der Waals surface area contributed by atoms with E-state index in [4.69, 9.17) is 14.5 Å². The van der Waals surface area contributed by atoms with Crippen LogP contribution >= 0.6 is 11.3 Å². The van der Waals surface area contributed by atoms with Crippen molar-refractivity contribution >= 4 is 21.6 Å². The van der Waals surface area contributed by atoms with E-state index in [0.29, 0.717) is 25.9 Å². The second-order valence-corrected chi connectivity index (χ2v) is 6.11. The quantitative estimate of drug-likeness (QED) is 0.685. The number of benzene rings is 1. The number of fused-ring (bicyclic) bond motifs is 1. The van der Waals surface area contributed by atoms with Crippen LogP contribution in [0.5, 0.6) is 0 Å². The molecule has 0 saturated carbocycles. The van der Waals surface area contributed by atoms with Crippen molar-refractivity contribution < 1.29 is 9.47 Å². The Balaban J connectivity index is 1.92. The lowest BCUT2D eigenvalue weighted by atomic mass is 10.2. The number of rotatable bonds is 10. The van der Waals surface area contributed by atoms with Gasteiger partial charge in [-0.15, -0.1) is 11.3 Å². The molecule has 5 heteroatoms. The number of hydrogen-bond donors (Lipinski definition) is 1. The molecule has 0 aliphatic carbocycles. The predicted molar refractivity (Wildman–Crippen MR) is 88.1 cm³/mol. The van der Waals surface area contributed by atoms with Crippen LogP contribution in [0.15, 0.2) is 24.3 Å². The molecule has 2 rings (SSSR count). The van der Waals surface area contributed by atoms with Crippen LogP contribution in [0, 0.1) is 0 Å². The van der Waals surface area contributed by atoms with Gasteiger partial charge in [-0.25, -0.2) is 4.98 Å². The third-order valence-electron chi connectivity index (χ3n) is 3.19. The summed E-state index contributed by atoms with van der Waals surface area (Å²) in [4.78, 5) is 4.70. The normalized spacial score (nSPS) is 12.9. The molecule has 1 aromatic heterocycles. The summed E-state index contributed by atoms with van der Waals surface area (Å²) in [7, 11) is 1.69. The molecule has 0 aliphatic rings. The van der Waals surface area contributed by atoms with Crippen LogP contribution in [0.1, 0.15) is 18.4 Å². The molecular formula is C16H24N2O2S. The highest BCUT2D eigenvalue weighted by atomic mass is 32.1. The van der Waals surface area contributed by atoms with Gasteiger partial charge in [-0.3, -0.25) is 0 Å². The number of methoxy groups -OCH3 is 1. The summed E-state index contributed by atoms with van der Waals surface area (Å²) in [6, 6.07) is 8.60. The monoisotopic (exact) mass is 308 g/mol. The maximum atomic E-state index is 5.67. The Bertz CT molecular complexity index is 497. The van der Waals surface area contributed by atoms with Gasteiger partial charge in [0.15, 0.2) is 0 Å². The molecule has 0 fully saturated rings. The minimum Gasteiger partial charge on any atom is -0.382 e. The Kier molecular flexibility index (Phi) is 7.09. The molecule has 1 aromatic carbocycles. The van der Waals surface area contributed by atoms with Gasteiger partial charge in [-0.1, -0.05) is 19.1 Å². The van der Waals surface area contributed by atoms with E-state index in [1.165, 1.54) is 9.71 Å². The Labute approximate surface area is 130 Å². The lowest BCUT2D eigenvalue weighted by Crippen LogP contribution is -2.36. The van der Waals surface area contributed by atoms with Gasteiger partial charge in [0.05, 0.1) is 35.0 Å². The van der Waals surface area contributed by atoms with E-state index in [0.717, 1.165) is 24.9 Å². The molecule has 4 nitrogen and oxygen atoms in total. The first-order valence-electron chi connectivity index (χ1n) is 7.48. The van der Waals surface area contributed by atoms with E-state index >= 15 is 0 Å². The molecular weight excluding hydrogens is 284 g/mol. The van der Waals surface area contributed by atoms with Crippen molar-refractivity contribution in [3.63, 3.8) is 0 Å². The zero-order valence-corrected chi connectivity index (χ0v) is 13.6. The first kappa shape index (κ1) is 16.4. The predicted octanol–water partition coefficient (Wildman–Crippen LogP) is 2.87. The number of nitrogens with zero attached hydrogens (tertiary/aromatic N) is 1. The molecule has 1 unspecified atom stereocenters. The van der Waals surface area contributed by atoms with Crippen LogP contribution in [0.4, 0.5) is 0 Å². The van der Waals surface area contributed by atoms with Gasteiger partial charge in [0.1, 0.15) is 0 Å². The maximum absolute atomic E-state index is 5.67. The molecule has 0 radical (unpaired) electrons. The first-order valence-corrected chi connectivity index (χ1v) is 8.29. The van der Waals surface area contributed by atoms with Gasteiger partial charge in [-0.2, -0.15) is 0 Å². The summed E-state index contributed by atoms with van der Waals surface area (Å²) in [5, 5.41) is 4.71. The minimum atomic E-state index is 0.308. The number of nitrogens with one attached hydrogen (secondary N) is 1. The van der Waals surface area contributed by atoms with E-state index in [9.17, 15) is 0 Å². The fourth-order valence-electron chi connectivity index (χ4n) is 2.12. The molecule has 2 aromatic rings. The van der Waals surface area contributed by atoms with Gasteiger partial charge in [-0.05, 0) is 25.1 Å². The lowest BCUT2D eigenvalue weighted by molar-refractivity contribution is 0.0587. The average molecular weight is 308 g/mol. The topological polar surface area (TPSA) is 43.4 Å². The molecule has 1 atom stereocenters. The molecule has 0 saturated heterocycles. The molecule has 0 amide bonds. The second kappa shape index (κ2) is 9.10. The molecule has 21 heavy (non-hydrogen) atoms. The summed E-state index contributed by atoms with van der Waals surface area (Å²) in [5.41, 5.74) is 1.09. The van der Waals surface area contributed by atoms with Crippen molar-refractivity contribution in [2.75, 3.05) is 33.5 Å². The van der Waals surface area contributed by atoms with Gasteiger partial charge >= 0.3 is 0 Å². The number of thiazole rings is 1. The molecule has 1 N–H and O–H groups in total. The fraction of sp³-hybridized carbons (Fsp3) is 0.562. The SMILES string of the molecule is CCCNC(COCCOC)Cc1nc2ccccc2s1. The molecule has 0 aliphatic heterocycles. The fourth-order valence-corrected chi connectivity index (χ4v) is 3.17. The number of hydrogen-bond acceptors (Lipinski definition) is 5. The van der Waals surface area contributed by atoms with Gasteiger partial charge in [0, 0.05) is 19.6 Å². The number of ether oxygens (including phenoxy) is 2. The van der Waals surface area contributed by atoms with Gasteiger partial charge in [0.2, 0.25) is 0 Å². The van der Waals surface area contributed by atoms with Crippen LogP contribution in [-0.4, -0.2) is 44.5 Å². The Morgan fingerprint density at radius 3 is 2.90 bits per heavy atom. The van der Waals surface area contributed by atoms with Crippen molar-refractivity contribution in [1.82, 2.24) is 10.3 Å². The second-order valence-electron chi connectivity index (χ2n) is 5.00. The summed E-state index contributed by atoms with van der Waals surface area (Å²) in [6.07, 6.45) is 2.03. The summed E-state index contributed by atoms with van der Waals surface area (Å²) < 4.78 is 11.9. The third kappa shape index (κ3) is 5.36. The van der Waals surface area contributed by atoms with Crippen molar-refractivity contribution in [1.29, 1.82) is 0 Å². The largest absolute Gasteiger partial charge is 0.382 e. The Morgan fingerprint density at radius 2 is 2.14 bits per heavy atom. The van der Waals surface area contributed by atoms with E-state index < -0.39 is 0 Å². The Hall–Kier alpha value is -1.01. The summed E-state index contributed by atoms with van der Waals surface area (Å²) in [5.74, 6) is 0. The van der Waals surface area contributed by atoms with Crippen LogP contribution < -0.4 is 5.32 Å². The highest BCUT2D eigenvalue weighted by Gasteiger charge is 2.12. The molecule has 1 heterocycles. The van der Waals surface area contributed by atoms with E-state index in [-0.39, 0.29) is 0 Å². The number of para-hydroxylation sites is 1. The molecule has 116 valence electrons. The van der Waals surface area contributed by atoms with Crippen LogP contribution in [-0.2, 0) is 15.9 Å². The minimum absolute atomic E-state index is 0.308.